The Morgan fingerprint density at radius 3 is 2.62 bits per heavy atom. The van der Waals surface area contributed by atoms with Gasteiger partial charge in [-0.2, -0.15) is 8.78 Å². The predicted octanol–water partition coefficient (Wildman–Crippen LogP) is 1.82. The summed E-state index contributed by atoms with van der Waals surface area (Å²) >= 11 is 4.78. The minimum absolute atomic E-state index is 0.180. The van der Waals surface area contributed by atoms with E-state index in [4.69, 9.17) is 11.6 Å². The number of allylic oxidation sites excluding steroid dienone is 2. The topological polar surface area (TPSA) is 29.1 Å². The van der Waals surface area contributed by atoms with E-state index >= 15 is 0 Å². The number of hydrogen-bond donors (Lipinski definition) is 1. The number of dihydropyridines is 1. The largest absolute Gasteiger partial charge is 0.378 e. The highest BCUT2D eigenvalue weighted by molar-refractivity contribution is 6.22. The maximum atomic E-state index is 12.5. The maximum absolute atomic E-state index is 12.5. The van der Waals surface area contributed by atoms with Gasteiger partial charge in [0.2, 0.25) is 0 Å². The van der Waals surface area contributed by atoms with Crippen molar-refractivity contribution in [3.05, 3.63) is 23.9 Å². The van der Waals surface area contributed by atoms with Crippen LogP contribution in [0.1, 0.15) is 6.92 Å². The van der Waals surface area contributed by atoms with Crippen LogP contribution in [0.15, 0.2) is 23.9 Å². The van der Waals surface area contributed by atoms with Crippen LogP contribution in [0.3, 0.4) is 0 Å². The molecule has 72 valence electrons. The lowest BCUT2D eigenvalue weighted by Gasteiger charge is -2.21. The van der Waals surface area contributed by atoms with Crippen LogP contribution in [-0.2, 0) is 4.79 Å². The van der Waals surface area contributed by atoms with E-state index < -0.39 is 11.4 Å². The Hall–Kier alpha value is -0.900. The Labute approximate surface area is 79.3 Å². The van der Waals surface area contributed by atoms with Crippen LogP contribution in [-0.4, -0.2) is 17.2 Å². The molecule has 0 bridgehead atoms. The van der Waals surface area contributed by atoms with Crippen molar-refractivity contribution in [2.24, 2.45) is 0 Å². The van der Waals surface area contributed by atoms with Crippen molar-refractivity contribution in [3.8, 4) is 0 Å². The SMILES string of the molecule is CC(=O)C1=CNC(C(F)(F)Cl)C=C1. The first-order chi connectivity index (χ1) is 5.91. The Morgan fingerprint density at radius 2 is 2.31 bits per heavy atom. The number of carbonyl (C=O) groups is 1. The monoisotopic (exact) mass is 207 g/mol. The maximum Gasteiger partial charge on any atom is 0.344 e. The first-order valence-corrected chi connectivity index (χ1v) is 4.01. The van der Waals surface area contributed by atoms with Crippen molar-refractivity contribution in [1.29, 1.82) is 0 Å². The van der Waals surface area contributed by atoms with Crippen molar-refractivity contribution in [3.63, 3.8) is 0 Å². The predicted molar refractivity (Wildman–Crippen MR) is 45.6 cm³/mol. The Kier molecular flexibility index (Phi) is 2.71. The first-order valence-electron chi connectivity index (χ1n) is 3.63. The highest BCUT2D eigenvalue weighted by Crippen LogP contribution is 2.26. The number of alkyl halides is 3. The molecule has 1 atom stereocenters. The molecule has 1 heterocycles. The Balaban J connectivity index is 2.69. The molecule has 0 saturated heterocycles. The van der Waals surface area contributed by atoms with E-state index in [0.29, 0.717) is 5.57 Å². The molecule has 1 aliphatic heterocycles. The molecule has 2 nitrogen and oxygen atoms in total. The van der Waals surface area contributed by atoms with Gasteiger partial charge in [0.15, 0.2) is 5.78 Å². The quantitative estimate of drug-likeness (QED) is 0.700. The van der Waals surface area contributed by atoms with E-state index in [-0.39, 0.29) is 5.78 Å². The lowest BCUT2D eigenvalue weighted by atomic mass is 10.1. The molecule has 0 spiro atoms. The van der Waals surface area contributed by atoms with E-state index in [2.05, 4.69) is 5.32 Å². The van der Waals surface area contributed by atoms with Crippen molar-refractivity contribution in [2.45, 2.75) is 18.3 Å². The molecule has 0 amide bonds. The summed E-state index contributed by atoms with van der Waals surface area (Å²) in [6.07, 6.45) is 3.74. The smallest absolute Gasteiger partial charge is 0.344 e. The normalized spacial score (nSPS) is 22.2. The second-order valence-corrected chi connectivity index (χ2v) is 3.20. The van der Waals surface area contributed by atoms with Gasteiger partial charge in [-0.05, 0) is 18.5 Å². The molecular formula is C8H8ClF2NO. The lowest BCUT2D eigenvalue weighted by molar-refractivity contribution is -0.113. The van der Waals surface area contributed by atoms with E-state index in [1.807, 2.05) is 0 Å². The molecule has 5 heteroatoms. The van der Waals surface area contributed by atoms with Crippen LogP contribution >= 0.6 is 11.6 Å². The van der Waals surface area contributed by atoms with Crippen molar-refractivity contribution in [1.82, 2.24) is 5.32 Å². The summed E-state index contributed by atoms with van der Waals surface area (Å²) in [4.78, 5) is 10.8. The zero-order chi connectivity index (χ0) is 10.1. The fourth-order valence-electron chi connectivity index (χ4n) is 0.906. The Morgan fingerprint density at radius 1 is 1.69 bits per heavy atom. The molecule has 1 rings (SSSR count). The van der Waals surface area contributed by atoms with Gasteiger partial charge in [-0.25, -0.2) is 0 Å². The fraction of sp³-hybridized carbons (Fsp3) is 0.375. The zero-order valence-corrected chi connectivity index (χ0v) is 7.61. The number of carbonyl (C=O) groups excluding carboxylic acids is 1. The van der Waals surface area contributed by atoms with E-state index in [0.717, 1.165) is 0 Å². The van der Waals surface area contributed by atoms with Gasteiger partial charge in [-0.15, -0.1) is 0 Å². The van der Waals surface area contributed by atoms with Gasteiger partial charge in [0.1, 0.15) is 6.04 Å². The third-order valence-electron chi connectivity index (χ3n) is 1.65. The Bertz CT molecular complexity index is 280. The minimum Gasteiger partial charge on any atom is -0.378 e. The number of ketones is 1. The molecule has 0 saturated carbocycles. The highest BCUT2D eigenvalue weighted by atomic mass is 35.5. The van der Waals surface area contributed by atoms with E-state index in [1.54, 1.807) is 0 Å². The summed E-state index contributed by atoms with van der Waals surface area (Å²) in [6, 6.07) is -1.25. The molecule has 13 heavy (non-hydrogen) atoms. The summed E-state index contributed by atoms with van der Waals surface area (Å²) in [5.41, 5.74) is 0.358. The summed E-state index contributed by atoms with van der Waals surface area (Å²) in [5, 5.41) is -0.999. The number of halogens is 3. The van der Waals surface area contributed by atoms with Crippen LogP contribution in [0.2, 0.25) is 0 Å². The minimum atomic E-state index is -3.34. The van der Waals surface area contributed by atoms with Gasteiger partial charge in [-0.3, -0.25) is 4.79 Å². The second-order valence-electron chi connectivity index (χ2n) is 2.70. The summed E-state index contributed by atoms with van der Waals surface area (Å²) in [7, 11) is 0. The van der Waals surface area contributed by atoms with Gasteiger partial charge in [-0.1, -0.05) is 12.2 Å². The molecule has 0 aliphatic carbocycles. The van der Waals surface area contributed by atoms with Crippen molar-refractivity contribution >= 4 is 17.4 Å². The molecule has 1 N–H and O–H groups in total. The van der Waals surface area contributed by atoms with E-state index in [1.165, 1.54) is 25.3 Å². The third kappa shape index (κ3) is 2.52. The summed E-state index contributed by atoms with van der Waals surface area (Å²) in [6.45, 7) is 1.36. The molecule has 1 unspecified atom stereocenters. The standard InChI is InChI=1S/C8H8ClF2NO/c1-5(13)6-2-3-7(12-4-6)8(9,10)11/h2-4,7,12H,1H3. The molecule has 0 radical (unpaired) electrons. The molecule has 0 fully saturated rings. The number of rotatable bonds is 2. The fourth-order valence-corrected chi connectivity index (χ4v) is 1.04. The highest BCUT2D eigenvalue weighted by Gasteiger charge is 2.35. The van der Waals surface area contributed by atoms with Crippen LogP contribution in [0, 0.1) is 0 Å². The lowest BCUT2D eigenvalue weighted by Crippen LogP contribution is -2.38. The number of Topliss-reactive ketones (excluding diaryl/α,β-unsaturated/α-hetero) is 1. The van der Waals surface area contributed by atoms with Gasteiger partial charge in [0.25, 0.3) is 0 Å². The van der Waals surface area contributed by atoms with E-state index in [9.17, 15) is 13.6 Å². The molecule has 0 aromatic carbocycles. The van der Waals surface area contributed by atoms with Crippen molar-refractivity contribution in [2.75, 3.05) is 0 Å². The van der Waals surface area contributed by atoms with Gasteiger partial charge in [0, 0.05) is 11.8 Å². The van der Waals surface area contributed by atoms with Crippen LogP contribution < -0.4 is 5.32 Å². The number of nitrogens with one attached hydrogen (secondary N) is 1. The zero-order valence-electron chi connectivity index (χ0n) is 6.85. The average Bonchev–Trinajstić information content (AvgIpc) is 2.03. The van der Waals surface area contributed by atoms with Crippen LogP contribution in [0.5, 0.6) is 0 Å². The molecule has 0 aromatic rings. The van der Waals surface area contributed by atoms with Crippen molar-refractivity contribution < 1.29 is 13.6 Å². The van der Waals surface area contributed by atoms with Gasteiger partial charge >= 0.3 is 5.38 Å². The molecular weight excluding hydrogens is 200 g/mol. The average molecular weight is 208 g/mol. The molecule has 1 aliphatic rings. The van der Waals surface area contributed by atoms with Crippen LogP contribution in [0.4, 0.5) is 8.78 Å². The molecule has 0 aromatic heterocycles. The summed E-state index contributed by atoms with van der Waals surface area (Å²) in [5.74, 6) is -0.180. The van der Waals surface area contributed by atoms with Gasteiger partial charge in [0.05, 0.1) is 0 Å². The third-order valence-corrected chi connectivity index (χ3v) is 1.88. The van der Waals surface area contributed by atoms with Crippen LogP contribution in [0.25, 0.3) is 0 Å². The number of hydrogen-bond acceptors (Lipinski definition) is 2. The van der Waals surface area contributed by atoms with Gasteiger partial charge < -0.3 is 5.32 Å². The second kappa shape index (κ2) is 3.46. The first kappa shape index (κ1) is 10.2. The summed E-state index contributed by atoms with van der Waals surface area (Å²) < 4.78 is 24.9.